The van der Waals surface area contributed by atoms with Crippen molar-refractivity contribution in [2.75, 3.05) is 19.8 Å². The van der Waals surface area contributed by atoms with Gasteiger partial charge in [0.05, 0.1) is 6.61 Å². The second kappa shape index (κ2) is 6.71. The van der Waals surface area contributed by atoms with E-state index in [0.717, 1.165) is 32.6 Å². The Bertz CT molecular complexity index is 292. The van der Waals surface area contributed by atoms with Crippen LogP contribution in [0.3, 0.4) is 0 Å². The lowest BCUT2D eigenvalue weighted by Crippen LogP contribution is -2.44. The zero-order valence-corrected chi connectivity index (χ0v) is 12.2. The number of hydrogen-bond acceptors (Lipinski definition) is 3. The maximum atomic E-state index is 10.8. The number of hydrogen-bond donors (Lipinski definition) is 1. The first-order valence-electron chi connectivity index (χ1n) is 7.61. The molecule has 0 radical (unpaired) electrons. The molecule has 110 valence electrons. The van der Waals surface area contributed by atoms with Gasteiger partial charge >= 0.3 is 5.97 Å². The summed E-state index contributed by atoms with van der Waals surface area (Å²) in [7, 11) is 0. The summed E-state index contributed by atoms with van der Waals surface area (Å²) >= 11 is 0. The van der Waals surface area contributed by atoms with Crippen LogP contribution in [0.2, 0.25) is 0 Å². The molecule has 2 heterocycles. The lowest BCUT2D eigenvalue weighted by molar-refractivity contribution is -0.138. The Morgan fingerprint density at radius 3 is 2.47 bits per heavy atom. The van der Waals surface area contributed by atoms with E-state index in [-0.39, 0.29) is 0 Å². The molecule has 0 aromatic rings. The van der Waals surface area contributed by atoms with Crippen LogP contribution in [0, 0.1) is 11.8 Å². The predicted molar refractivity (Wildman–Crippen MR) is 74.1 cm³/mol. The standard InChI is InChI=1S/C15H27NO3/c1-11(2)10-19-6-5-16-13-3-4-14(16)8-12(7-13)9-15(17)18/h11-14H,3-10H2,1-2H3,(H,17,18). The van der Waals surface area contributed by atoms with Gasteiger partial charge in [0, 0.05) is 31.7 Å². The second-order valence-corrected chi connectivity index (χ2v) is 6.53. The van der Waals surface area contributed by atoms with E-state index in [1.165, 1.54) is 12.8 Å². The third-order valence-corrected chi connectivity index (χ3v) is 4.39. The van der Waals surface area contributed by atoms with Gasteiger partial charge in [-0.1, -0.05) is 13.8 Å². The van der Waals surface area contributed by atoms with Crippen molar-refractivity contribution in [2.45, 2.75) is 58.0 Å². The van der Waals surface area contributed by atoms with Crippen molar-refractivity contribution < 1.29 is 14.6 Å². The van der Waals surface area contributed by atoms with E-state index in [2.05, 4.69) is 18.7 Å². The number of carboxylic acids is 1. The molecule has 4 heteroatoms. The number of nitrogens with zero attached hydrogens (tertiary/aromatic N) is 1. The lowest BCUT2D eigenvalue weighted by Gasteiger charge is -2.38. The zero-order valence-electron chi connectivity index (χ0n) is 12.2. The van der Waals surface area contributed by atoms with Crippen molar-refractivity contribution >= 4 is 5.97 Å². The molecule has 4 nitrogen and oxygen atoms in total. The first-order chi connectivity index (χ1) is 9.06. The molecule has 2 aliphatic rings. The van der Waals surface area contributed by atoms with Gasteiger partial charge in [0.25, 0.3) is 0 Å². The van der Waals surface area contributed by atoms with E-state index < -0.39 is 5.97 Å². The van der Waals surface area contributed by atoms with Crippen LogP contribution >= 0.6 is 0 Å². The number of rotatable bonds is 7. The largest absolute Gasteiger partial charge is 0.481 e. The Labute approximate surface area is 116 Å². The maximum Gasteiger partial charge on any atom is 0.303 e. The van der Waals surface area contributed by atoms with Crippen LogP contribution in [0.15, 0.2) is 0 Å². The smallest absolute Gasteiger partial charge is 0.303 e. The molecule has 2 unspecified atom stereocenters. The van der Waals surface area contributed by atoms with E-state index in [9.17, 15) is 4.79 Å². The van der Waals surface area contributed by atoms with Gasteiger partial charge in [-0.25, -0.2) is 0 Å². The Morgan fingerprint density at radius 2 is 1.95 bits per heavy atom. The van der Waals surface area contributed by atoms with Crippen LogP contribution in [-0.2, 0) is 9.53 Å². The van der Waals surface area contributed by atoms with Crippen LogP contribution in [0.4, 0.5) is 0 Å². The van der Waals surface area contributed by atoms with Crippen LogP contribution < -0.4 is 0 Å². The summed E-state index contributed by atoms with van der Waals surface area (Å²) in [4.78, 5) is 13.4. The highest BCUT2D eigenvalue weighted by atomic mass is 16.5. The first kappa shape index (κ1) is 14.8. The molecule has 19 heavy (non-hydrogen) atoms. The molecule has 2 bridgehead atoms. The SMILES string of the molecule is CC(C)COCCN1C2CCC1CC(CC(=O)O)C2. The van der Waals surface area contributed by atoms with Gasteiger partial charge in [0.1, 0.15) is 0 Å². The molecule has 2 saturated heterocycles. The lowest BCUT2D eigenvalue weighted by atomic mass is 9.88. The Kier molecular flexibility index (Phi) is 5.22. The van der Waals surface area contributed by atoms with E-state index in [1.54, 1.807) is 0 Å². The summed E-state index contributed by atoms with van der Waals surface area (Å²) in [6.07, 6.45) is 4.96. The number of carboxylic acid groups (broad SMARTS) is 1. The van der Waals surface area contributed by atoms with Crippen molar-refractivity contribution in [3.8, 4) is 0 Å². The van der Waals surface area contributed by atoms with Crippen LogP contribution in [0.25, 0.3) is 0 Å². The van der Waals surface area contributed by atoms with E-state index >= 15 is 0 Å². The summed E-state index contributed by atoms with van der Waals surface area (Å²) < 4.78 is 5.68. The summed E-state index contributed by atoms with van der Waals surface area (Å²) in [5, 5.41) is 8.92. The van der Waals surface area contributed by atoms with Gasteiger partial charge in [0.2, 0.25) is 0 Å². The molecule has 0 aromatic heterocycles. The first-order valence-corrected chi connectivity index (χ1v) is 7.61. The Morgan fingerprint density at radius 1 is 1.32 bits per heavy atom. The van der Waals surface area contributed by atoms with Gasteiger partial charge in [-0.3, -0.25) is 9.69 Å². The molecular weight excluding hydrogens is 242 g/mol. The average Bonchev–Trinajstić information content (AvgIpc) is 2.55. The molecular formula is C15H27NO3. The van der Waals surface area contributed by atoms with Gasteiger partial charge in [-0.05, 0) is 37.5 Å². The molecule has 0 aromatic carbocycles. The molecule has 0 saturated carbocycles. The molecule has 1 N–H and O–H groups in total. The number of piperidine rings is 1. The fraction of sp³-hybridized carbons (Fsp3) is 0.933. The minimum atomic E-state index is -0.641. The topological polar surface area (TPSA) is 49.8 Å². The Hall–Kier alpha value is -0.610. The van der Waals surface area contributed by atoms with Crippen LogP contribution in [0.5, 0.6) is 0 Å². The average molecular weight is 269 g/mol. The molecule has 2 rings (SSSR count). The second-order valence-electron chi connectivity index (χ2n) is 6.53. The van der Waals surface area contributed by atoms with Crippen molar-refractivity contribution in [3.05, 3.63) is 0 Å². The van der Waals surface area contributed by atoms with Gasteiger partial charge < -0.3 is 9.84 Å². The van der Waals surface area contributed by atoms with Gasteiger partial charge in [0.15, 0.2) is 0 Å². The molecule has 0 amide bonds. The number of aliphatic carboxylic acids is 1. The summed E-state index contributed by atoms with van der Waals surface area (Å²) in [5.41, 5.74) is 0. The minimum absolute atomic E-state index is 0.352. The Balaban J connectivity index is 1.74. The van der Waals surface area contributed by atoms with Gasteiger partial charge in [-0.15, -0.1) is 0 Å². The number of carbonyl (C=O) groups is 1. The van der Waals surface area contributed by atoms with E-state index in [0.29, 0.717) is 30.3 Å². The van der Waals surface area contributed by atoms with Crippen molar-refractivity contribution in [1.82, 2.24) is 4.90 Å². The van der Waals surface area contributed by atoms with E-state index in [1.807, 2.05) is 0 Å². The summed E-state index contributed by atoms with van der Waals surface area (Å²) in [6.45, 7) is 7.00. The summed E-state index contributed by atoms with van der Waals surface area (Å²) in [6, 6.07) is 1.21. The van der Waals surface area contributed by atoms with Gasteiger partial charge in [-0.2, -0.15) is 0 Å². The van der Waals surface area contributed by atoms with Crippen molar-refractivity contribution in [3.63, 3.8) is 0 Å². The van der Waals surface area contributed by atoms with Crippen LogP contribution in [0.1, 0.15) is 46.0 Å². The molecule has 0 aliphatic carbocycles. The maximum absolute atomic E-state index is 10.8. The highest BCUT2D eigenvalue weighted by molar-refractivity contribution is 5.67. The third-order valence-electron chi connectivity index (χ3n) is 4.39. The molecule has 0 spiro atoms. The number of ether oxygens (including phenoxy) is 1. The van der Waals surface area contributed by atoms with Crippen molar-refractivity contribution in [1.29, 1.82) is 0 Å². The normalized spacial score (nSPS) is 31.0. The molecule has 2 aliphatic heterocycles. The highest BCUT2D eigenvalue weighted by Gasteiger charge is 2.40. The zero-order chi connectivity index (χ0) is 13.8. The molecule has 2 fully saturated rings. The van der Waals surface area contributed by atoms with E-state index in [4.69, 9.17) is 9.84 Å². The van der Waals surface area contributed by atoms with Crippen LogP contribution in [-0.4, -0.2) is 47.8 Å². The monoisotopic (exact) mass is 269 g/mol. The fourth-order valence-electron chi connectivity index (χ4n) is 3.65. The molecule has 2 atom stereocenters. The minimum Gasteiger partial charge on any atom is -0.481 e. The predicted octanol–water partition coefficient (Wildman–Crippen LogP) is 2.38. The number of fused-ring (bicyclic) bond motifs is 2. The van der Waals surface area contributed by atoms with Crippen molar-refractivity contribution in [2.24, 2.45) is 11.8 Å². The fourth-order valence-corrected chi connectivity index (χ4v) is 3.65. The highest BCUT2D eigenvalue weighted by Crippen LogP contribution is 2.39. The third kappa shape index (κ3) is 4.18. The summed E-state index contributed by atoms with van der Waals surface area (Å²) in [5.74, 6) is 0.346. The quantitative estimate of drug-likeness (QED) is 0.721.